The van der Waals surface area contributed by atoms with Gasteiger partial charge in [-0.05, 0) is 49.4 Å². The molecule has 0 bridgehead atoms. The molecule has 0 spiro atoms. The minimum Gasteiger partial charge on any atom is -0.396 e. The van der Waals surface area contributed by atoms with Crippen LogP contribution in [0.25, 0.3) is 0 Å². The fourth-order valence-corrected chi connectivity index (χ4v) is 3.67. The molecule has 33 heavy (non-hydrogen) atoms. The normalized spacial score (nSPS) is 24.2. The number of aliphatic hydroxyl groups is 1. The molecule has 0 amide bonds. The van der Waals surface area contributed by atoms with Gasteiger partial charge in [0.05, 0.1) is 19.1 Å². The van der Waals surface area contributed by atoms with Crippen molar-refractivity contribution < 1.29 is 45.3 Å². The van der Waals surface area contributed by atoms with Crippen LogP contribution in [0.1, 0.15) is 65.2 Å². The minimum atomic E-state index is -3.24. The molecule has 2 aliphatic rings. The molecule has 13 heteroatoms. The predicted molar refractivity (Wildman–Crippen MR) is 121 cm³/mol. The Morgan fingerprint density at radius 3 is 1.27 bits per heavy atom. The van der Waals surface area contributed by atoms with Gasteiger partial charge in [0, 0.05) is 17.3 Å². The molecule has 0 heterocycles. The van der Waals surface area contributed by atoms with Crippen molar-refractivity contribution >= 4 is 42.2 Å². The molecule has 2 fully saturated rings. The zero-order valence-electron chi connectivity index (χ0n) is 19.7. The van der Waals surface area contributed by atoms with Crippen molar-refractivity contribution in [2.24, 2.45) is 23.7 Å². The third kappa shape index (κ3) is 35.6. The molecular formula is C20H37ClO10S2. The Morgan fingerprint density at radius 1 is 0.758 bits per heavy atom. The van der Waals surface area contributed by atoms with E-state index < -0.39 is 19.2 Å². The summed E-state index contributed by atoms with van der Waals surface area (Å²) >= 11 is 0. The molecule has 0 unspecified atom stereocenters. The third-order valence-electron chi connectivity index (χ3n) is 5.05. The lowest BCUT2D eigenvalue weighted by molar-refractivity contribution is -0.193. The maximum atomic E-state index is 10.7. The van der Waals surface area contributed by atoms with E-state index in [2.05, 4.69) is 24.5 Å². The summed E-state index contributed by atoms with van der Waals surface area (Å²) in [5, 5.41) is 8.78. The van der Waals surface area contributed by atoms with E-state index in [0.717, 1.165) is 37.2 Å². The lowest BCUT2D eigenvalue weighted by atomic mass is 9.83. The van der Waals surface area contributed by atoms with Crippen LogP contribution in [0.2, 0.25) is 0 Å². The molecule has 2 saturated carbocycles. The summed E-state index contributed by atoms with van der Waals surface area (Å²) in [6.07, 6.45) is 12.3. The van der Waals surface area contributed by atoms with Crippen LogP contribution in [-0.4, -0.2) is 60.0 Å². The van der Waals surface area contributed by atoms with Gasteiger partial charge in [-0.25, -0.2) is 8.42 Å². The Labute approximate surface area is 202 Å². The van der Waals surface area contributed by atoms with Crippen LogP contribution in [-0.2, 0) is 42.5 Å². The first-order valence-corrected chi connectivity index (χ1v) is 15.0. The molecule has 0 aromatic rings. The molecule has 0 aromatic carbocycles. The number of halogens is 1. The molecule has 0 atom stereocenters. The quantitative estimate of drug-likeness (QED) is 0.416. The summed E-state index contributed by atoms with van der Waals surface area (Å²) in [6.45, 7) is 5.33. The summed E-state index contributed by atoms with van der Waals surface area (Å²) in [4.78, 5) is 32.5. The monoisotopic (exact) mass is 536 g/mol. The Bertz CT molecular complexity index is 720. The maximum Gasteiger partial charge on any atom is 0.373 e. The molecule has 10 nitrogen and oxygen atoms in total. The van der Waals surface area contributed by atoms with Gasteiger partial charge in [-0.15, -0.1) is 0 Å². The molecular weight excluding hydrogens is 500 g/mol. The van der Waals surface area contributed by atoms with Crippen LogP contribution in [0.4, 0.5) is 0 Å². The topological polar surface area (TPSA) is 166 Å². The molecule has 0 aliphatic heterocycles. The molecule has 1 N–H and O–H groups in total. The van der Waals surface area contributed by atoms with Crippen molar-refractivity contribution in [3.63, 3.8) is 0 Å². The first kappa shape index (κ1) is 36.4. The fraction of sp³-hybridized carbons (Fsp3) is 0.900. The first-order valence-electron chi connectivity index (χ1n) is 10.5. The Hall–Kier alpha value is -1.13. The van der Waals surface area contributed by atoms with E-state index >= 15 is 0 Å². The molecule has 0 saturated heterocycles. The van der Waals surface area contributed by atoms with Gasteiger partial charge in [0.25, 0.3) is 10.1 Å². The van der Waals surface area contributed by atoms with Gasteiger partial charge in [0.15, 0.2) is 0 Å². The summed E-state index contributed by atoms with van der Waals surface area (Å²) in [6, 6.07) is 0. The Balaban J connectivity index is -0.000000390. The standard InChI is InChI=1S/C9H18O3S.C8H16O.CH3ClO2S.2CO2/c1-8-3-5-9(6-4-8)7-12-13(2,10)11;1-7-2-4-8(6-9)5-3-7;1-5(2,3)4;2*2-1-3/h8-9H,3-7H2,1-2H3;7-9H,2-6H2,1H3;1H3;;. The first-order chi connectivity index (χ1) is 15.1. The SMILES string of the molecule is CC1CCC(CO)CC1.CC1CCC(COS(C)(=O)=O)CC1.CS(=O)(=O)Cl.O=C=O.O=C=O. The predicted octanol–water partition coefficient (Wildman–Crippen LogP) is 2.61. The van der Waals surface area contributed by atoms with E-state index in [4.69, 9.17) is 28.5 Å². The van der Waals surface area contributed by atoms with Crippen LogP contribution in [0, 0.1) is 23.7 Å². The van der Waals surface area contributed by atoms with Gasteiger partial charge < -0.3 is 5.11 Å². The number of hydrogen-bond acceptors (Lipinski definition) is 10. The highest BCUT2D eigenvalue weighted by molar-refractivity contribution is 8.13. The number of hydrogen-bond donors (Lipinski definition) is 1. The highest BCUT2D eigenvalue weighted by Crippen LogP contribution is 2.28. The van der Waals surface area contributed by atoms with Gasteiger partial charge in [0.2, 0.25) is 9.05 Å². The van der Waals surface area contributed by atoms with E-state index in [1.165, 1.54) is 38.5 Å². The maximum absolute atomic E-state index is 10.7. The van der Waals surface area contributed by atoms with Crippen molar-refractivity contribution in [2.75, 3.05) is 25.7 Å². The van der Waals surface area contributed by atoms with Crippen molar-refractivity contribution in [2.45, 2.75) is 65.2 Å². The molecule has 2 aliphatic carbocycles. The average Bonchev–Trinajstić information content (AvgIpc) is 2.68. The van der Waals surface area contributed by atoms with Crippen LogP contribution in [0.5, 0.6) is 0 Å². The van der Waals surface area contributed by atoms with E-state index in [-0.39, 0.29) is 12.3 Å². The fourth-order valence-electron chi connectivity index (χ4n) is 3.23. The third-order valence-corrected chi connectivity index (χ3v) is 5.61. The van der Waals surface area contributed by atoms with Crippen LogP contribution in [0.3, 0.4) is 0 Å². The van der Waals surface area contributed by atoms with Gasteiger partial charge >= 0.3 is 12.3 Å². The molecule has 196 valence electrons. The van der Waals surface area contributed by atoms with Gasteiger partial charge in [-0.2, -0.15) is 27.6 Å². The van der Waals surface area contributed by atoms with E-state index in [0.29, 0.717) is 25.0 Å². The minimum absolute atomic E-state index is 0.250. The molecule has 0 radical (unpaired) electrons. The average molecular weight is 537 g/mol. The van der Waals surface area contributed by atoms with Crippen molar-refractivity contribution in [1.29, 1.82) is 0 Å². The number of aliphatic hydroxyl groups excluding tert-OH is 1. The summed E-state index contributed by atoms with van der Waals surface area (Å²) < 4.78 is 45.0. The lowest BCUT2D eigenvalue weighted by Gasteiger charge is -2.25. The lowest BCUT2D eigenvalue weighted by Crippen LogP contribution is -2.19. The van der Waals surface area contributed by atoms with E-state index in [1.54, 1.807) is 0 Å². The zero-order chi connectivity index (χ0) is 26.5. The second-order valence-electron chi connectivity index (χ2n) is 8.27. The number of carbonyl (C=O) groups excluding carboxylic acids is 4. The van der Waals surface area contributed by atoms with Crippen molar-refractivity contribution in [3.8, 4) is 0 Å². The highest BCUT2D eigenvalue weighted by Gasteiger charge is 2.19. The van der Waals surface area contributed by atoms with Crippen molar-refractivity contribution in [1.82, 2.24) is 0 Å². The second-order valence-corrected chi connectivity index (χ2v) is 13.0. The summed E-state index contributed by atoms with van der Waals surface area (Å²) in [5.74, 6) is 2.79. The van der Waals surface area contributed by atoms with Crippen LogP contribution < -0.4 is 0 Å². The van der Waals surface area contributed by atoms with Gasteiger partial charge in [-0.1, -0.05) is 39.5 Å². The smallest absolute Gasteiger partial charge is 0.373 e. The van der Waals surface area contributed by atoms with Crippen LogP contribution in [0.15, 0.2) is 0 Å². The van der Waals surface area contributed by atoms with E-state index in [9.17, 15) is 16.8 Å². The van der Waals surface area contributed by atoms with Crippen molar-refractivity contribution in [3.05, 3.63) is 0 Å². The van der Waals surface area contributed by atoms with Crippen LogP contribution >= 0.6 is 10.7 Å². The van der Waals surface area contributed by atoms with E-state index in [1.807, 2.05) is 0 Å². The summed E-state index contributed by atoms with van der Waals surface area (Å²) in [7, 11) is -1.93. The molecule has 0 aromatic heterocycles. The summed E-state index contributed by atoms with van der Waals surface area (Å²) in [5.41, 5.74) is 0. The Morgan fingerprint density at radius 2 is 1.03 bits per heavy atom. The second kappa shape index (κ2) is 21.4. The van der Waals surface area contributed by atoms with Gasteiger partial charge in [-0.3, -0.25) is 4.18 Å². The van der Waals surface area contributed by atoms with Gasteiger partial charge in [0.1, 0.15) is 0 Å². The largest absolute Gasteiger partial charge is 0.396 e. The zero-order valence-corrected chi connectivity index (χ0v) is 22.1. The molecule has 2 rings (SSSR count). The number of rotatable bonds is 4. The highest BCUT2D eigenvalue weighted by atomic mass is 35.7. The Kier molecular flexibility index (Phi) is 23.6.